The van der Waals surface area contributed by atoms with E-state index >= 15 is 0 Å². The highest BCUT2D eigenvalue weighted by Gasteiger charge is 2.15. The van der Waals surface area contributed by atoms with E-state index in [1.165, 1.54) is 0 Å². The van der Waals surface area contributed by atoms with Crippen LogP contribution in [0.15, 0.2) is 0 Å². The number of carbonyl (C=O) groups excluding carboxylic acids is 1. The van der Waals surface area contributed by atoms with Gasteiger partial charge in [-0.2, -0.15) is 0 Å². The second-order valence-corrected chi connectivity index (χ2v) is 4.54. The third-order valence-electron chi connectivity index (χ3n) is 2.35. The summed E-state index contributed by atoms with van der Waals surface area (Å²) in [6.07, 6.45) is 1.46. The van der Waals surface area contributed by atoms with Crippen molar-refractivity contribution in [3.05, 3.63) is 0 Å². The fourth-order valence-electron chi connectivity index (χ4n) is 1.63. The Bertz CT molecular complexity index is 226. The van der Waals surface area contributed by atoms with Crippen LogP contribution in [0.1, 0.15) is 33.1 Å². The number of amides is 1. The van der Waals surface area contributed by atoms with E-state index in [1.54, 1.807) is 19.0 Å². The summed E-state index contributed by atoms with van der Waals surface area (Å²) in [5.41, 5.74) is 0. The van der Waals surface area contributed by atoms with Crippen LogP contribution in [0.5, 0.6) is 0 Å². The number of aliphatic carboxylic acids is 1. The molecule has 88 valence electrons. The molecule has 0 aromatic heterocycles. The van der Waals surface area contributed by atoms with Crippen molar-refractivity contribution in [2.45, 2.75) is 33.1 Å². The molecule has 0 bridgehead atoms. The Morgan fingerprint density at radius 3 is 2.00 bits per heavy atom. The van der Waals surface area contributed by atoms with Crippen molar-refractivity contribution in [3.63, 3.8) is 0 Å². The zero-order valence-corrected chi connectivity index (χ0v) is 9.99. The van der Waals surface area contributed by atoms with Crippen molar-refractivity contribution in [1.29, 1.82) is 0 Å². The van der Waals surface area contributed by atoms with Crippen molar-refractivity contribution in [3.8, 4) is 0 Å². The van der Waals surface area contributed by atoms with Gasteiger partial charge in [0.05, 0.1) is 0 Å². The normalized spacial score (nSPS) is 14.4. The minimum atomic E-state index is -0.770. The van der Waals surface area contributed by atoms with E-state index in [-0.39, 0.29) is 24.2 Å². The summed E-state index contributed by atoms with van der Waals surface area (Å²) in [5, 5.41) is 8.59. The van der Waals surface area contributed by atoms with E-state index in [0.29, 0.717) is 6.42 Å². The molecule has 0 aliphatic carbocycles. The van der Waals surface area contributed by atoms with Gasteiger partial charge in [-0.15, -0.1) is 0 Å². The number of nitrogens with zero attached hydrogens (tertiary/aromatic N) is 1. The molecule has 0 saturated carbocycles. The van der Waals surface area contributed by atoms with Crippen molar-refractivity contribution in [2.75, 3.05) is 14.1 Å². The quantitative estimate of drug-likeness (QED) is 0.732. The van der Waals surface area contributed by atoms with Gasteiger partial charge in [0, 0.05) is 26.9 Å². The summed E-state index contributed by atoms with van der Waals surface area (Å²) in [4.78, 5) is 23.4. The highest BCUT2D eigenvalue weighted by molar-refractivity contribution is 5.75. The summed E-state index contributed by atoms with van der Waals surface area (Å²) >= 11 is 0. The fourth-order valence-corrected chi connectivity index (χ4v) is 1.63. The molecule has 4 heteroatoms. The summed E-state index contributed by atoms with van der Waals surface area (Å²) in [6.45, 7) is 3.89. The lowest BCUT2D eigenvalue weighted by atomic mass is 9.92. The largest absolute Gasteiger partial charge is 0.481 e. The Balaban J connectivity index is 3.87. The van der Waals surface area contributed by atoms with Gasteiger partial charge in [-0.3, -0.25) is 9.59 Å². The van der Waals surface area contributed by atoms with Crippen LogP contribution in [-0.2, 0) is 9.59 Å². The van der Waals surface area contributed by atoms with E-state index in [0.717, 1.165) is 6.42 Å². The van der Waals surface area contributed by atoms with E-state index in [4.69, 9.17) is 5.11 Å². The topological polar surface area (TPSA) is 57.6 Å². The number of hydrogen-bond donors (Lipinski definition) is 1. The predicted molar refractivity (Wildman–Crippen MR) is 58.5 cm³/mol. The van der Waals surface area contributed by atoms with Crippen LogP contribution >= 0.6 is 0 Å². The molecule has 0 aliphatic rings. The Morgan fingerprint density at radius 2 is 1.60 bits per heavy atom. The molecular weight excluding hydrogens is 194 g/mol. The molecule has 0 aromatic rings. The van der Waals surface area contributed by atoms with E-state index in [1.807, 2.05) is 13.8 Å². The SMILES string of the molecule is C[C@H](CC(=O)N(C)C)C[C@@H](C)CC(=O)O. The molecule has 0 heterocycles. The van der Waals surface area contributed by atoms with Crippen molar-refractivity contribution in [1.82, 2.24) is 4.90 Å². The number of carboxylic acids is 1. The van der Waals surface area contributed by atoms with Crippen LogP contribution in [0, 0.1) is 11.8 Å². The number of hydrogen-bond acceptors (Lipinski definition) is 2. The zero-order chi connectivity index (χ0) is 12.0. The maximum absolute atomic E-state index is 11.4. The van der Waals surface area contributed by atoms with Gasteiger partial charge in [0.15, 0.2) is 0 Å². The Morgan fingerprint density at radius 1 is 1.13 bits per heavy atom. The summed E-state index contributed by atoms with van der Waals surface area (Å²) in [6, 6.07) is 0. The van der Waals surface area contributed by atoms with Gasteiger partial charge < -0.3 is 10.0 Å². The summed E-state index contributed by atoms with van der Waals surface area (Å²) in [5.74, 6) is -0.291. The molecule has 0 aromatic carbocycles. The van der Waals surface area contributed by atoms with Crippen LogP contribution in [0.4, 0.5) is 0 Å². The molecule has 0 rings (SSSR count). The van der Waals surface area contributed by atoms with Crippen molar-refractivity contribution < 1.29 is 14.7 Å². The highest BCUT2D eigenvalue weighted by Crippen LogP contribution is 2.18. The first kappa shape index (κ1) is 13.9. The fraction of sp³-hybridized carbons (Fsp3) is 0.818. The predicted octanol–water partition coefficient (Wildman–Crippen LogP) is 1.60. The molecule has 0 fully saturated rings. The molecule has 0 unspecified atom stereocenters. The molecule has 1 N–H and O–H groups in total. The molecule has 1 amide bonds. The Kier molecular flexibility index (Phi) is 5.97. The smallest absolute Gasteiger partial charge is 0.303 e. The van der Waals surface area contributed by atoms with E-state index in [9.17, 15) is 9.59 Å². The summed E-state index contributed by atoms with van der Waals surface area (Å²) in [7, 11) is 3.46. The van der Waals surface area contributed by atoms with E-state index < -0.39 is 5.97 Å². The lowest BCUT2D eigenvalue weighted by molar-refractivity contribution is -0.138. The van der Waals surface area contributed by atoms with Crippen LogP contribution < -0.4 is 0 Å². The highest BCUT2D eigenvalue weighted by atomic mass is 16.4. The second kappa shape index (κ2) is 6.43. The molecule has 0 radical (unpaired) electrons. The molecule has 15 heavy (non-hydrogen) atoms. The van der Waals surface area contributed by atoms with Crippen molar-refractivity contribution >= 4 is 11.9 Å². The number of rotatable bonds is 6. The molecule has 4 nitrogen and oxygen atoms in total. The molecule has 0 saturated heterocycles. The standard InChI is InChI=1S/C11H21NO3/c1-8(6-10(13)12(3)4)5-9(2)7-11(14)15/h8-9H,5-7H2,1-4H3,(H,14,15)/t8-,9+/m0/s1. The average Bonchev–Trinajstić information content (AvgIpc) is 2.00. The maximum Gasteiger partial charge on any atom is 0.303 e. The van der Waals surface area contributed by atoms with Crippen molar-refractivity contribution in [2.24, 2.45) is 11.8 Å². The Labute approximate surface area is 91.3 Å². The second-order valence-electron chi connectivity index (χ2n) is 4.54. The molecule has 0 spiro atoms. The van der Waals surface area contributed by atoms with Gasteiger partial charge in [-0.1, -0.05) is 13.8 Å². The maximum atomic E-state index is 11.4. The third kappa shape index (κ3) is 6.94. The summed E-state index contributed by atoms with van der Waals surface area (Å²) < 4.78 is 0. The van der Waals surface area contributed by atoms with E-state index in [2.05, 4.69) is 0 Å². The van der Waals surface area contributed by atoms with Crippen LogP contribution in [0.25, 0.3) is 0 Å². The molecule has 0 aliphatic heterocycles. The number of carbonyl (C=O) groups is 2. The zero-order valence-electron chi connectivity index (χ0n) is 9.99. The lowest BCUT2D eigenvalue weighted by Crippen LogP contribution is -2.24. The lowest BCUT2D eigenvalue weighted by Gasteiger charge is -2.17. The average molecular weight is 215 g/mol. The first-order chi connectivity index (χ1) is 6.82. The first-order valence-corrected chi connectivity index (χ1v) is 5.24. The third-order valence-corrected chi connectivity index (χ3v) is 2.35. The van der Waals surface area contributed by atoms with Gasteiger partial charge in [0.25, 0.3) is 0 Å². The monoisotopic (exact) mass is 215 g/mol. The van der Waals surface area contributed by atoms with Crippen LogP contribution in [0.2, 0.25) is 0 Å². The number of carboxylic acid groups (broad SMARTS) is 1. The molecular formula is C11H21NO3. The van der Waals surface area contributed by atoms with Gasteiger partial charge in [0.1, 0.15) is 0 Å². The Hall–Kier alpha value is -1.06. The van der Waals surface area contributed by atoms with Gasteiger partial charge in [0.2, 0.25) is 5.91 Å². The first-order valence-electron chi connectivity index (χ1n) is 5.24. The van der Waals surface area contributed by atoms with Crippen LogP contribution in [0.3, 0.4) is 0 Å². The minimum absolute atomic E-state index is 0.102. The van der Waals surface area contributed by atoms with Gasteiger partial charge in [-0.05, 0) is 18.3 Å². The van der Waals surface area contributed by atoms with Crippen LogP contribution in [-0.4, -0.2) is 36.0 Å². The van der Waals surface area contributed by atoms with Gasteiger partial charge >= 0.3 is 5.97 Å². The molecule has 2 atom stereocenters. The van der Waals surface area contributed by atoms with Gasteiger partial charge in [-0.25, -0.2) is 0 Å². The minimum Gasteiger partial charge on any atom is -0.481 e.